The largest absolute Gasteiger partial charge is 0.462 e. The third kappa shape index (κ3) is 10.1. The van der Waals surface area contributed by atoms with Gasteiger partial charge in [-0.1, -0.05) is 24.4 Å². The van der Waals surface area contributed by atoms with Crippen molar-refractivity contribution in [2.45, 2.75) is 19.8 Å². The van der Waals surface area contributed by atoms with Gasteiger partial charge in [0.1, 0.15) is 13.2 Å². The summed E-state index contributed by atoms with van der Waals surface area (Å²) in [6.45, 7) is 8.39. The van der Waals surface area contributed by atoms with E-state index in [0.717, 1.165) is 11.8 Å². The lowest BCUT2D eigenvalue weighted by Crippen LogP contribution is -2.14. The summed E-state index contributed by atoms with van der Waals surface area (Å²) in [5.41, 5.74) is 0.288. The summed E-state index contributed by atoms with van der Waals surface area (Å²) in [6, 6.07) is 0. The van der Waals surface area contributed by atoms with Crippen molar-refractivity contribution in [1.29, 1.82) is 0 Å². The first kappa shape index (κ1) is 17.4. The lowest BCUT2D eigenvalue weighted by atomic mass is 10.3. The minimum atomic E-state index is -0.521. The molecule has 6 heteroatoms. The Hall–Kier alpha value is -1.56. The molecular formula is C13H18O5S. The maximum atomic E-state index is 11.2. The van der Waals surface area contributed by atoms with Crippen molar-refractivity contribution in [3.63, 3.8) is 0 Å². The average Bonchev–Trinajstić information content (AvgIpc) is 2.38. The molecule has 0 N–H and O–H groups in total. The fraction of sp³-hybridized carbons (Fsp3) is 0.462. The van der Waals surface area contributed by atoms with Crippen molar-refractivity contribution in [3.8, 4) is 0 Å². The molecule has 0 radical (unpaired) electrons. The number of carbonyl (C=O) groups excluding carboxylic acids is 3. The van der Waals surface area contributed by atoms with Crippen LogP contribution in [0.4, 0.5) is 0 Å². The van der Waals surface area contributed by atoms with Crippen LogP contribution in [0.25, 0.3) is 0 Å². The quantitative estimate of drug-likeness (QED) is 0.279. The number of hydrogen-bond acceptors (Lipinski definition) is 6. The average molecular weight is 286 g/mol. The molecule has 0 saturated carbocycles. The third-order valence-corrected chi connectivity index (χ3v) is 2.75. The van der Waals surface area contributed by atoms with Gasteiger partial charge in [-0.3, -0.25) is 9.59 Å². The second-order valence-electron chi connectivity index (χ2n) is 3.61. The van der Waals surface area contributed by atoms with E-state index in [1.165, 1.54) is 6.92 Å². The Morgan fingerprint density at radius 1 is 1.16 bits per heavy atom. The molecule has 0 fully saturated rings. The van der Waals surface area contributed by atoms with Crippen LogP contribution >= 0.6 is 11.8 Å². The van der Waals surface area contributed by atoms with Crippen molar-refractivity contribution >= 4 is 28.8 Å². The van der Waals surface area contributed by atoms with Crippen LogP contribution in [0, 0.1) is 0 Å². The molecular weight excluding hydrogens is 268 g/mol. The minimum absolute atomic E-state index is 0.0173. The van der Waals surface area contributed by atoms with Gasteiger partial charge in [0.15, 0.2) is 5.12 Å². The van der Waals surface area contributed by atoms with Gasteiger partial charge in [-0.15, -0.1) is 6.58 Å². The van der Waals surface area contributed by atoms with Crippen LogP contribution in [-0.2, 0) is 23.9 Å². The van der Waals surface area contributed by atoms with Crippen molar-refractivity contribution < 1.29 is 23.9 Å². The molecule has 0 aliphatic rings. The lowest BCUT2D eigenvalue weighted by Gasteiger charge is -2.05. The van der Waals surface area contributed by atoms with Crippen LogP contribution in [0.1, 0.15) is 19.8 Å². The summed E-state index contributed by atoms with van der Waals surface area (Å²) in [6.07, 6.45) is 1.77. The van der Waals surface area contributed by atoms with Gasteiger partial charge in [-0.05, 0) is 6.92 Å². The van der Waals surface area contributed by atoms with E-state index >= 15 is 0 Å². The van der Waals surface area contributed by atoms with E-state index in [1.54, 1.807) is 6.08 Å². The van der Waals surface area contributed by atoms with E-state index in [1.807, 2.05) is 0 Å². The Kier molecular flexibility index (Phi) is 9.52. The van der Waals surface area contributed by atoms with Crippen molar-refractivity contribution in [2.24, 2.45) is 0 Å². The van der Waals surface area contributed by atoms with Crippen LogP contribution < -0.4 is 0 Å². The number of rotatable bonds is 9. The molecule has 0 aliphatic heterocycles. The Balaban J connectivity index is 3.59. The molecule has 0 aromatic carbocycles. The van der Waals surface area contributed by atoms with Gasteiger partial charge in [0.2, 0.25) is 0 Å². The highest BCUT2D eigenvalue weighted by atomic mass is 32.2. The summed E-state index contributed by atoms with van der Waals surface area (Å²) in [4.78, 5) is 33.5. The predicted octanol–water partition coefficient (Wildman–Crippen LogP) is 1.87. The van der Waals surface area contributed by atoms with Crippen LogP contribution in [-0.4, -0.2) is 36.0 Å². The van der Waals surface area contributed by atoms with E-state index in [0.29, 0.717) is 5.75 Å². The second kappa shape index (κ2) is 10.4. The molecule has 0 spiro atoms. The highest BCUT2D eigenvalue weighted by molar-refractivity contribution is 8.13. The molecule has 0 amide bonds. The van der Waals surface area contributed by atoms with E-state index in [-0.39, 0.29) is 36.7 Å². The Morgan fingerprint density at radius 2 is 1.79 bits per heavy atom. The van der Waals surface area contributed by atoms with Crippen LogP contribution in [0.3, 0.4) is 0 Å². The molecule has 5 nitrogen and oxygen atoms in total. The van der Waals surface area contributed by atoms with Gasteiger partial charge in [0, 0.05) is 17.7 Å². The monoisotopic (exact) mass is 286 g/mol. The molecule has 0 aromatic heterocycles. The maximum Gasteiger partial charge on any atom is 0.333 e. The number of carbonyl (C=O) groups is 3. The lowest BCUT2D eigenvalue weighted by molar-refractivity contribution is -0.150. The fourth-order valence-corrected chi connectivity index (χ4v) is 1.46. The van der Waals surface area contributed by atoms with E-state index in [2.05, 4.69) is 13.2 Å². The first-order valence-electron chi connectivity index (χ1n) is 5.72. The number of ether oxygens (including phenoxy) is 2. The maximum absolute atomic E-state index is 11.2. The van der Waals surface area contributed by atoms with E-state index in [9.17, 15) is 14.4 Å². The smallest absolute Gasteiger partial charge is 0.333 e. The topological polar surface area (TPSA) is 69.7 Å². The summed E-state index contributed by atoms with van der Waals surface area (Å²) < 4.78 is 9.53. The molecule has 0 heterocycles. The molecule has 19 heavy (non-hydrogen) atoms. The normalized spacial score (nSPS) is 9.53. The highest BCUT2D eigenvalue weighted by Crippen LogP contribution is 2.07. The van der Waals surface area contributed by atoms with E-state index < -0.39 is 11.9 Å². The van der Waals surface area contributed by atoms with Crippen molar-refractivity contribution in [1.82, 2.24) is 0 Å². The zero-order valence-corrected chi connectivity index (χ0v) is 11.8. The standard InChI is InChI=1S/C13H18O5S/c1-4-9-19-12(15)6-5-11(14)17-7-8-18-13(16)10(2)3/h4H,1-2,5-9H2,3H3. The zero-order chi connectivity index (χ0) is 14.7. The Morgan fingerprint density at radius 3 is 2.37 bits per heavy atom. The van der Waals surface area contributed by atoms with E-state index in [4.69, 9.17) is 9.47 Å². The molecule has 0 bridgehead atoms. The fourth-order valence-electron chi connectivity index (χ4n) is 0.913. The van der Waals surface area contributed by atoms with Gasteiger partial charge in [-0.25, -0.2) is 4.79 Å². The summed E-state index contributed by atoms with van der Waals surface area (Å²) in [5, 5.41) is -0.0782. The predicted molar refractivity (Wildman–Crippen MR) is 73.6 cm³/mol. The summed E-state index contributed by atoms with van der Waals surface area (Å²) in [5.74, 6) is -0.476. The molecule has 0 unspecified atom stereocenters. The second-order valence-corrected chi connectivity index (χ2v) is 4.69. The van der Waals surface area contributed by atoms with Gasteiger partial charge < -0.3 is 9.47 Å². The summed E-state index contributed by atoms with van der Waals surface area (Å²) >= 11 is 1.11. The first-order chi connectivity index (χ1) is 8.97. The van der Waals surface area contributed by atoms with Crippen LogP contribution in [0.5, 0.6) is 0 Å². The highest BCUT2D eigenvalue weighted by Gasteiger charge is 2.09. The van der Waals surface area contributed by atoms with Gasteiger partial charge in [-0.2, -0.15) is 0 Å². The Labute approximate surface area is 117 Å². The van der Waals surface area contributed by atoms with Gasteiger partial charge >= 0.3 is 11.9 Å². The zero-order valence-electron chi connectivity index (χ0n) is 11.0. The number of hydrogen-bond donors (Lipinski definition) is 0. The van der Waals surface area contributed by atoms with Gasteiger partial charge in [0.25, 0.3) is 0 Å². The molecule has 0 atom stereocenters. The minimum Gasteiger partial charge on any atom is -0.462 e. The first-order valence-corrected chi connectivity index (χ1v) is 6.70. The molecule has 0 aliphatic carbocycles. The third-order valence-electron chi connectivity index (χ3n) is 1.82. The molecule has 106 valence electrons. The molecule has 0 saturated heterocycles. The van der Waals surface area contributed by atoms with Crippen molar-refractivity contribution in [3.05, 3.63) is 24.8 Å². The SMILES string of the molecule is C=CCSC(=O)CCC(=O)OCCOC(=O)C(=C)C. The van der Waals surface area contributed by atoms with Gasteiger partial charge in [0.05, 0.1) is 6.42 Å². The molecule has 0 aromatic rings. The number of thioether (sulfide) groups is 1. The Bertz CT molecular complexity index is 362. The van der Waals surface area contributed by atoms with Crippen molar-refractivity contribution in [2.75, 3.05) is 19.0 Å². The van der Waals surface area contributed by atoms with Crippen LogP contribution in [0.15, 0.2) is 24.8 Å². The molecule has 0 rings (SSSR count). The number of esters is 2. The summed E-state index contributed by atoms with van der Waals surface area (Å²) in [7, 11) is 0. The van der Waals surface area contributed by atoms with Crippen LogP contribution in [0.2, 0.25) is 0 Å².